The molecule has 1 heterocycles. The van der Waals surface area contributed by atoms with E-state index >= 15 is 0 Å². The van der Waals surface area contributed by atoms with Crippen LogP contribution in [0.25, 0.3) is 11.0 Å². The molecule has 1 aliphatic carbocycles. The molecule has 1 aromatic carbocycles. The fourth-order valence-corrected chi connectivity index (χ4v) is 3.82. The van der Waals surface area contributed by atoms with E-state index in [1.54, 1.807) is 0 Å². The molecule has 1 fully saturated rings. The van der Waals surface area contributed by atoms with Crippen LogP contribution in [0.2, 0.25) is 0 Å². The van der Waals surface area contributed by atoms with Gasteiger partial charge in [0, 0.05) is 6.54 Å². The smallest absolute Gasteiger partial charge is 0.178 e. The van der Waals surface area contributed by atoms with Crippen LogP contribution < -0.4 is 0 Å². The van der Waals surface area contributed by atoms with E-state index in [1.165, 1.54) is 48.7 Å². The van der Waals surface area contributed by atoms with Gasteiger partial charge in [-0.3, -0.25) is 0 Å². The molecule has 0 bridgehead atoms. The van der Waals surface area contributed by atoms with E-state index in [4.69, 9.17) is 12.2 Å². The van der Waals surface area contributed by atoms with E-state index in [1.807, 2.05) is 0 Å². The second kappa shape index (κ2) is 5.72. The molecule has 0 saturated heterocycles. The van der Waals surface area contributed by atoms with Crippen LogP contribution in [0, 0.1) is 23.5 Å². The van der Waals surface area contributed by atoms with E-state index in [-0.39, 0.29) is 0 Å². The van der Waals surface area contributed by atoms with Gasteiger partial charge in [-0.2, -0.15) is 0 Å². The quantitative estimate of drug-likeness (QED) is 0.768. The van der Waals surface area contributed by atoms with Crippen LogP contribution in [0.4, 0.5) is 0 Å². The maximum Gasteiger partial charge on any atom is 0.178 e. The number of hydrogen-bond acceptors (Lipinski definition) is 1. The Hall–Kier alpha value is -1.09. The molecule has 108 valence electrons. The Balaban J connectivity index is 1.81. The van der Waals surface area contributed by atoms with Gasteiger partial charge in [-0.25, -0.2) is 0 Å². The molecule has 1 aliphatic rings. The zero-order valence-electron chi connectivity index (χ0n) is 12.5. The minimum atomic E-state index is 0.796. The van der Waals surface area contributed by atoms with E-state index in [9.17, 15) is 0 Å². The van der Waals surface area contributed by atoms with Gasteiger partial charge < -0.3 is 9.55 Å². The SMILES string of the molecule is CCC1CCC(Cn2c(=S)[nH]c3cc(C)ccc32)CC1. The third-order valence-corrected chi connectivity index (χ3v) is 5.24. The first-order valence-electron chi connectivity index (χ1n) is 7.86. The van der Waals surface area contributed by atoms with Gasteiger partial charge >= 0.3 is 0 Å². The van der Waals surface area contributed by atoms with E-state index in [2.05, 4.69) is 41.6 Å². The average molecular weight is 288 g/mol. The number of rotatable bonds is 3. The summed E-state index contributed by atoms with van der Waals surface area (Å²) in [6, 6.07) is 6.57. The van der Waals surface area contributed by atoms with Crippen LogP contribution in [-0.4, -0.2) is 9.55 Å². The van der Waals surface area contributed by atoms with Gasteiger partial charge in [-0.15, -0.1) is 0 Å². The maximum absolute atomic E-state index is 5.52. The number of H-pyrrole nitrogens is 1. The highest BCUT2D eigenvalue weighted by Gasteiger charge is 2.21. The van der Waals surface area contributed by atoms with Crippen LogP contribution in [-0.2, 0) is 6.54 Å². The first-order valence-corrected chi connectivity index (χ1v) is 8.27. The average Bonchev–Trinajstić information content (AvgIpc) is 2.75. The number of fused-ring (bicyclic) bond motifs is 1. The Morgan fingerprint density at radius 3 is 2.60 bits per heavy atom. The van der Waals surface area contributed by atoms with Crippen LogP contribution in [0.3, 0.4) is 0 Å². The van der Waals surface area contributed by atoms with Crippen molar-refractivity contribution < 1.29 is 0 Å². The van der Waals surface area contributed by atoms with Crippen molar-refractivity contribution in [2.45, 2.75) is 52.5 Å². The highest BCUT2D eigenvalue weighted by atomic mass is 32.1. The minimum Gasteiger partial charge on any atom is -0.331 e. The highest BCUT2D eigenvalue weighted by Crippen LogP contribution is 2.32. The fourth-order valence-electron chi connectivity index (χ4n) is 3.54. The molecule has 0 amide bonds. The third-order valence-electron chi connectivity index (χ3n) is 4.91. The number of aromatic amines is 1. The monoisotopic (exact) mass is 288 g/mol. The van der Waals surface area contributed by atoms with Crippen molar-refractivity contribution in [3.63, 3.8) is 0 Å². The summed E-state index contributed by atoms with van der Waals surface area (Å²) in [6.45, 7) is 5.53. The molecule has 1 aromatic heterocycles. The van der Waals surface area contributed by atoms with Crippen LogP contribution in [0.1, 0.15) is 44.6 Å². The second-order valence-electron chi connectivity index (χ2n) is 6.36. The molecule has 0 aliphatic heterocycles. The summed E-state index contributed by atoms with van der Waals surface area (Å²) in [5.74, 6) is 1.76. The van der Waals surface area contributed by atoms with Gasteiger partial charge in [0.1, 0.15) is 0 Å². The maximum atomic E-state index is 5.52. The van der Waals surface area contributed by atoms with Crippen LogP contribution in [0.5, 0.6) is 0 Å². The van der Waals surface area contributed by atoms with Crippen molar-refractivity contribution >= 4 is 23.3 Å². The molecule has 0 spiro atoms. The number of aromatic nitrogens is 2. The number of benzene rings is 1. The molecule has 0 atom stereocenters. The van der Waals surface area contributed by atoms with Crippen molar-refractivity contribution in [1.29, 1.82) is 0 Å². The minimum absolute atomic E-state index is 0.796. The molecular weight excluding hydrogens is 264 g/mol. The van der Waals surface area contributed by atoms with Crippen molar-refractivity contribution in [2.24, 2.45) is 11.8 Å². The number of nitrogens with one attached hydrogen (secondary N) is 1. The second-order valence-corrected chi connectivity index (χ2v) is 6.74. The summed E-state index contributed by atoms with van der Waals surface area (Å²) < 4.78 is 3.18. The van der Waals surface area contributed by atoms with Gasteiger partial charge in [0.05, 0.1) is 11.0 Å². The summed E-state index contributed by atoms with van der Waals surface area (Å²) in [5.41, 5.74) is 3.72. The molecule has 0 radical (unpaired) electrons. The molecule has 2 nitrogen and oxygen atoms in total. The zero-order chi connectivity index (χ0) is 14.1. The molecule has 3 rings (SSSR count). The Bertz CT molecular complexity index is 645. The predicted molar refractivity (Wildman–Crippen MR) is 87.6 cm³/mol. The predicted octanol–water partition coefficient (Wildman–Crippen LogP) is 5.22. The zero-order valence-corrected chi connectivity index (χ0v) is 13.3. The fraction of sp³-hybridized carbons (Fsp3) is 0.588. The van der Waals surface area contributed by atoms with Gasteiger partial charge in [0.15, 0.2) is 4.77 Å². The number of nitrogens with zero attached hydrogens (tertiary/aromatic N) is 1. The Morgan fingerprint density at radius 1 is 1.20 bits per heavy atom. The lowest BCUT2D eigenvalue weighted by molar-refractivity contribution is 0.248. The topological polar surface area (TPSA) is 20.7 Å². The lowest BCUT2D eigenvalue weighted by Gasteiger charge is -2.28. The van der Waals surface area contributed by atoms with Gasteiger partial charge in [-0.05, 0) is 61.5 Å². The largest absolute Gasteiger partial charge is 0.331 e. The Morgan fingerprint density at radius 2 is 1.90 bits per heavy atom. The lowest BCUT2D eigenvalue weighted by atomic mass is 9.81. The molecule has 1 N–H and O–H groups in total. The molecule has 3 heteroatoms. The summed E-state index contributed by atoms with van der Waals surface area (Å²) in [4.78, 5) is 3.36. The van der Waals surface area contributed by atoms with E-state index < -0.39 is 0 Å². The van der Waals surface area contributed by atoms with Crippen molar-refractivity contribution in [2.75, 3.05) is 0 Å². The van der Waals surface area contributed by atoms with Crippen LogP contribution in [0.15, 0.2) is 18.2 Å². The number of imidazole rings is 1. The standard InChI is InChI=1S/C17H24N2S/c1-3-13-5-7-14(8-6-13)11-19-16-9-4-12(2)10-15(16)18-17(19)20/h4,9-10,13-14H,3,5-8,11H2,1-2H3,(H,18,20). The lowest BCUT2D eigenvalue weighted by Crippen LogP contribution is -2.18. The molecule has 1 saturated carbocycles. The first-order chi connectivity index (χ1) is 9.67. The van der Waals surface area contributed by atoms with E-state index in [0.29, 0.717) is 0 Å². The highest BCUT2D eigenvalue weighted by molar-refractivity contribution is 7.71. The Kier molecular flexibility index (Phi) is 3.97. The van der Waals surface area contributed by atoms with Gasteiger partial charge in [-0.1, -0.05) is 32.3 Å². The van der Waals surface area contributed by atoms with Crippen molar-refractivity contribution in [3.8, 4) is 0 Å². The summed E-state index contributed by atoms with van der Waals surface area (Å²) in [7, 11) is 0. The molecule has 0 unspecified atom stereocenters. The summed E-state index contributed by atoms with van der Waals surface area (Å²) in [5, 5.41) is 0. The number of hydrogen-bond donors (Lipinski definition) is 1. The van der Waals surface area contributed by atoms with Crippen molar-refractivity contribution in [3.05, 3.63) is 28.5 Å². The third kappa shape index (κ3) is 2.69. The molecular formula is C17H24N2S. The Labute approximate surface area is 126 Å². The molecule has 20 heavy (non-hydrogen) atoms. The summed E-state index contributed by atoms with van der Waals surface area (Å²) in [6.07, 6.45) is 6.86. The summed E-state index contributed by atoms with van der Waals surface area (Å²) >= 11 is 5.52. The van der Waals surface area contributed by atoms with Gasteiger partial charge in [0.25, 0.3) is 0 Å². The number of aryl methyl sites for hydroxylation is 1. The van der Waals surface area contributed by atoms with Crippen LogP contribution >= 0.6 is 12.2 Å². The van der Waals surface area contributed by atoms with Crippen molar-refractivity contribution in [1.82, 2.24) is 9.55 Å². The first kappa shape index (κ1) is 13.9. The molecule has 2 aromatic rings. The van der Waals surface area contributed by atoms with Gasteiger partial charge in [0.2, 0.25) is 0 Å². The van der Waals surface area contributed by atoms with E-state index in [0.717, 1.165) is 23.2 Å². The normalized spacial score (nSPS) is 23.3.